The minimum Gasteiger partial charge on any atom is -0.465 e. The summed E-state index contributed by atoms with van der Waals surface area (Å²) in [5.41, 5.74) is -12.3. The Morgan fingerprint density at radius 2 is 1.40 bits per heavy atom. The highest BCUT2D eigenvalue weighted by Gasteiger charge is 2.54. The predicted molar refractivity (Wildman–Crippen MR) is 72.8 cm³/mol. The van der Waals surface area contributed by atoms with E-state index in [9.17, 15) is 48.0 Å². The van der Waals surface area contributed by atoms with Crippen LogP contribution in [0.15, 0.2) is 12.2 Å². The SMILES string of the molecule is C=C(C)CC(=O)OC(C)C[C-](S(=O)(=O)C(F)(F)F)S(=O)(=O)C(F)(F)F. The molecular weight excluding hydrogens is 406 g/mol. The van der Waals surface area contributed by atoms with Gasteiger partial charge in [-0.3, -0.25) is 21.6 Å². The second-order valence-corrected chi connectivity index (χ2v) is 9.09. The summed E-state index contributed by atoms with van der Waals surface area (Å²) >= 11 is 0. The Kier molecular flexibility index (Phi) is 7.12. The Morgan fingerprint density at radius 1 is 1.04 bits per heavy atom. The molecule has 1 unspecified atom stereocenters. The van der Waals surface area contributed by atoms with Crippen molar-refractivity contribution in [2.24, 2.45) is 0 Å². The molecule has 0 bridgehead atoms. The number of rotatable bonds is 7. The first-order chi connectivity index (χ1) is 10.8. The van der Waals surface area contributed by atoms with Crippen molar-refractivity contribution in [3.8, 4) is 0 Å². The van der Waals surface area contributed by atoms with Crippen LogP contribution in [-0.4, -0.2) is 39.9 Å². The van der Waals surface area contributed by atoms with E-state index in [0.717, 1.165) is 6.92 Å². The van der Waals surface area contributed by atoms with Crippen LogP contribution in [0.1, 0.15) is 26.7 Å². The number of carbonyl (C=O) groups excluding carboxylic acids is 1. The number of ether oxygens (including phenoxy) is 1. The van der Waals surface area contributed by atoms with Crippen LogP contribution in [-0.2, 0) is 29.2 Å². The van der Waals surface area contributed by atoms with Crippen molar-refractivity contribution in [1.82, 2.24) is 0 Å². The van der Waals surface area contributed by atoms with Gasteiger partial charge in [0.25, 0.3) is 0 Å². The highest BCUT2D eigenvalue weighted by atomic mass is 32.3. The average molecular weight is 419 g/mol. The lowest BCUT2D eigenvalue weighted by molar-refractivity contribution is -0.147. The zero-order valence-corrected chi connectivity index (χ0v) is 14.4. The minimum absolute atomic E-state index is 0.243. The monoisotopic (exact) mass is 419 g/mol. The van der Waals surface area contributed by atoms with Gasteiger partial charge in [0.1, 0.15) is 19.7 Å². The summed E-state index contributed by atoms with van der Waals surface area (Å²) in [6, 6.07) is 0. The third kappa shape index (κ3) is 5.87. The molecule has 25 heavy (non-hydrogen) atoms. The zero-order valence-electron chi connectivity index (χ0n) is 12.7. The lowest BCUT2D eigenvalue weighted by Gasteiger charge is -2.33. The van der Waals surface area contributed by atoms with Gasteiger partial charge in [-0.15, -0.1) is 6.42 Å². The average Bonchev–Trinajstić information content (AvgIpc) is 2.31. The number of alkyl halides is 6. The molecule has 6 nitrogen and oxygen atoms in total. The number of halogens is 6. The number of hydrogen-bond donors (Lipinski definition) is 0. The summed E-state index contributed by atoms with van der Waals surface area (Å²) in [6.45, 7) is 5.42. The van der Waals surface area contributed by atoms with E-state index >= 15 is 0 Å². The molecule has 0 N–H and O–H groups in total. The van der Waals surface area contributed by atoms with E-state index in [2.05, 4.69) is 11.3 Å². The molecule has 0 aromatic rings. The Hall–Kier alpha value is -1.31. The molecule has 0 aromatic heterocycles. The van der Waals surface area contributed by atoms with Crippen molar-refractivity contribution >= 4 is 25.6 Å². The second kappa shape index (κ2) is 7.51. The van der Waals surface area contributed by atoms with Crippen molar-refractivity contribution in [1.29, 1.82) is 0 Å². The fraction of sp³-hybridized carbons (Fsp3) is 0.636. The summed E-state index contributed by atoms with van der Waals surface area (Å²) in [5.74, 6) is -1.13. The largest absolute Gasteiger partial charge is 0.469 e. The Balaban J connectivity index is 5.82. The first kappa shape index (κ1) is 23.7. The summed E-state index contributed by atoms with van der Waals surface area (Å²) in [7, 11) is -13.7. The first-order valence-corrected chi connectivity index (χ1v) is 9.13. The number of hydrogen-bond acceptors (Lipinski definition) is 6. The van der Waals surface area contributed by atoms with Gasteiger partial charge in [-0.1, -0.05) is 16.7 Å². The second-order valence-electron chi connectivity index (χ2n) is 4.91. The lowest BCUT2D eigenvalue weighted by atomic mass is 10.2. The van der Waals surface area contributed by atoms with Crippen molar-refractivity contribution in [2.45, 2.75) is 43.8 Å². The maximum atomic E-state index is 12.5. The van der Waals surface area contributed by atoms with Crippen LogP contribution < -0.4 is 0 Å². The molecule has 0 aliphatic heterocycles. The first-order valence-electron chi connectivity index (χ1n) is 6.16. The van der Waals surface area contributed by atoms with Crippen LogP contribution in [0.5, 0.6) is 0 Å². The fourth-order valence-electron chi connectivity index (χ4n) is 1.41. The molecule has 0 heterocycles. The zero-order chi connectivity index (χ0) is 20.4. The molecule has 0 saturated carbocycles. The third-order valence-corrected chi connectivity index (χ3v) is 6.51. The maximum absolute atomic E-state index is 12.5. The van der Waals surface area contributed by atoms with Crippen molar-refractivity contribution < 1.29 is 52.7 Å². The van der Waals surface area contributed by atoms with Crippen molar-refractivity contribution in [3.63, 3.8) is 0 Å². The van der Waals surface area contributed by atoms with Gasteiger partial charge in [0.2, 0.25) is 0 Å². The van der Waals surface area contributed by atoms with Gasteiger partial charge in [-0.2, -0.15) is 26.3 Å². The maximum Gasteiger partial charge on any atom is 0.469 e. The molecule has 1 atom stereocenters. The quantitative estimate of drug-likeness (QED) is 0.273. The van der Waals surface area contributed by atoms with Gasteiger partial charge in [0, 0.05) is 0 Å². The molecule has 148 valence electrons. The summed E-state index contributed by atoms with van der Waals surface area (Å²) in [5, 5.41) is 0. The predicted octanol–water partition coefficient (Wildman–Crippen LogP) is 2.63. The van der Waals surface area contributed by atoms with Crippen LogP contribution in [0.2, 0.25) is 0 Å². The molecule has 0 aromatic carbocycles. The number of sulfone groups is 2. The van der Waals surface area contributed by atoms with Gasteiger partial charge in [0.15, 0.2) is 0 Å². The lowest BCUT2D eigenvalue weighted by Crippen LogP contribution is -2.41. The number of esters is 1. The van der Waals surface area contributed by atoms with E-state index in [4.69, 9.17) is 0 Å². The highest BCUT2D eigenvalue weighted by molar-refractivity contribution is 8.13. The molecule has 0 fully saturated rings. The Morgan fingerprint density at radius 3 is 1.68 bits per heavy atom. The van der Waals surface area contributed by atoms with Crippen LogP contribution >= 0.6 is 0 Å². The minimum atomic E-state index is -6.83. The van der Waals surface area contributed by atoms with E-state index in [0.29, 0.717) is 0 Å². The van der Waals surface area contributed by atoms with Gasteiger partial charge < -0.3 is 4.74 Å². The van der Waals surface area contributed by atoms with Crippen molar-refractivity contribution in [2.75, 3.05) is 0 Å². The highest BCUT2D eigenvalue weighted by Crippen LogP contribution is 2.43. The molecule has 0 rings (SSSR count). The molecule has 0 radical (unpaired) electrons. The molecule has 0 spiro atoms. The summed E-state index contributed by atoms with van der Waals surface area (Å²) < 4.78 is 122. The molecule has 0 amide bonds. The molecule has 14 heteroatoms. The standard InChI is InChI=1S/C11H13F6O6S2/c1-6(2)4-8(18)23-7(3)5-9(24(19,20)10(12,13)14)25(21,22)11(15,16)17/h7H,1,4-5H2,2-3H3/q-1. The van der Waals surface area contributed by atoms with Crippen molar-refractivity contribution in [3.05, 3.63) is 16.7 Å². The molecule has 0 saturated heterocycles. The molecule has 0 aliphatic carbocycles. The van der Waals surface area contributed by atoms with Gasteiger partial charge in [0.05, 0.1) is 12.5 Å². The van der Waals surface area contributed by atoms with Gasteiger partial charge in [-0.05, 0) is 13.8 Å². The topological polar surface area (TPSA) is 94.6 Å². The van der Waals surface area contributed by atoms with E-state index < -0.39 is 60.2 Å². The third-order valence-electron chi connectivity index (χ3n) is 2.44. The Bertz CT molecular complexity index is 675. The van der Waals surface area contributed by atoms with Crippen LogP contribution in [0, 0.1) is 4.58 Å². The van der Waals surface area contributed by atoms with E-state index in [-0.39, 0.29) is 5.57 Å². The normalized spacial score (nSPS) is 15.1. The Labute approximate surface area is 139 Å². The van der Waals surface area contributed by atoms with E-state index in [1.54, 1.807) is 0 Å². The van der Waals surface area contributed by atoms with E-state index in [1.165, 1.54) is 6.92 Å². The van der Waals surface area contributed by atoms with Crippen LogP contribution in [0.3, 0.4) is 0 Å². The van der Waals surface area contributed by atoms with Crippen LogP contribution in [0.4, 0.5) is 26.3 Å². The summed E-state index contributed by atoms with van der Waals surface area (Å²) in [4.78, 5) is 11.3. The summed E-state index contributed by atoms with van der Waals surface area (Å²) in [6.07, 6.45) is -4.17. The number of carbonyl (C=O) groups is 1. The van der Waals surface area contributed by atoms with Crippen LogP contribution in [0.25, 0.3) is 0 Å². The molecular formula is C11H13F6O6S2-. The van der Waals surface area contributed by atoms with Gasteiger partial charge >= 0.3 is 17.0 Å². The fourth-order valence-corrected chi connectivity index (χ4v) is 4.56. The molecule has 0 aliphatic rings. The smallest absolute Gasteiger partial charge is 0.465 e. The van der Waals surface area contributed by atoms with Gasteiger partial charge in [-0.25, -0.2) is 0 Å². The van der Waals surface area contributed by atoms with E-state index in [1.807, 2.05) is 0 Å².